The fourth-order valence-electron chi connectivity index (χ4n) is 4.15. The first kappa shape index (κ1) is 18.7. The maximum Gasteiger partial charge on any atom is 0.321 e. The van der Waals surface area contributed by atoms with Crippen molar-refractivity contribution < 1.29 is 15.0 Å². The summed E-state index contributed by atoms with van der Waals surface area (Å²) in [6, 6.07) is 13.3. The second-order valence-corrected chi connectivity index (χ2v) is 7.67. The number of aliphatic hydroxyl groups is 2. The summed E-state index contributed by atoms with van der Waals surface area (Å²) >= 11 is 0. The molecule has 146 valence electrons. The fraction of sp³-hybridized carbons (Fsp3) is 0.364. The smallest absolute Gasteiger partial charge is 0.321 e. The van der Waals surface area contributed by atoms with Gasteiger partial charge >= 0.3 is 6.03 Å². The Morgan fingerprint density at radius 2 is 1.79 bits per heavy atom. The predicted molar refractivity (Wildman–Crippen MR) is 108 cm³/mol. The molecule has 0 unspecified atom stereocenters. The van der Waals surface area contributed by atoms with E-state index >= 15 is 0 Å². The number of anilines is 1. The minimum absolute atomic E-state index is 0.135. The summed E-state index contributed by atoms with van der Waals surface area (Å²) in [5.41, 5.74) is 2.59. The number of carbonyl (C=O) groups is 1. The second kappa shape index (κ2) is 8.12. The molecule has 1 aliphatic carbocycles. The van der Waals surface area contributed by atoms with E-state index in [2.05, 4.69) is 10.3 Å². The Labute approximate surface area is 164 Å². The summed E-state index contributed by atoms with van der Waals surface area (Å²) in [6.07, 6.45) is 5.42. The van der Waals surface area contributed by atoms with Crippen molar-refractivity contribution in [1.29, 1.82) is 0 Å². The number of nitrogens with zero attached hydrogens (tertiary/aromatic N) is 2. The molecule has 1 aliphatic heterocycles. The van der Waals surface area contributed by atoms with E-state index in [9.17, 15) is 15.0 Å². The quantitative estimate of drug-likeness (QED) is 0.765. The SMILES string of the molecule is O=C(Nc1cccc(/C=C/c2ccccn2)c1)N1C[C@H]2C[C@H](O)[C@H](O)C[C@H]2C1. The largest absolute Gasteiger partial charge is 0.390 e. The van der Waals surface area contributed by atoms with E-state index in [0.717, 1.165) is 16.9 Å². The first-order valence-corrected chi connectivity index (χ1v) is 9.70. The van der Waals surface area contributed by atoms with Crippen LogP contribution < -0.4 is 5.32 Å². The maximum absolute atomic E-state index is 12.7. The molecule has 6 nitrogen and oxygen atoms in total. The number of pyridine rings is 1. The zero-order chi connectivity index (χ0) is 19.5. The summed E-state index contributed by atoms with van der Waals surface area (Å²) in [5.74, 6) is 0.522. The van der Waals surface area contributed by atoms with Gasteiger partial charge in [0.1, 0.15) is 0 Å². The summed E-state index contributed by atoms with van der Waals surface area (Å²) in [6.45, 7) is 1.25. The Kier molecular flexibility index (Phi) is 5.41. The lowest BCUT2D eigenvalue weighted by Crippen LogP contribution is -2.38. The molecule has 0 spiro atoms. The molecule has 0 radical (unpaired) electrons. The monoisotopic (exact) mass is 379 g/mol. The van der Waals surface area contributed by atoms with Crippen LogP contribution in [0.4, 0.5) is 10.5 Å². The van der Waals surface area contributed by atoms with Gasteiger partial charge in [-0.1, -0.05) is 24.3 Å². The Hall–Kier alpha value is -2.70. The van der Waals surface area contributed by atoms with Gasteiger partial charge in [-0.3, -0.25) is 4.98 Å². The van der Waals surface area contributed by atoms with Crippen molar-refractivity contribution in [2.45, 2.75) is 25.0 Å². The molecule has 2 fully saturated rings. The van der Waals surface area contributed by atoms with Gasteiger partial charge in [-0.25, -0.2) is 4.79 Å². The van der Waals surface area contributed by atoms with E-state index in [0.29, 0.717) is 25.9 Å². The van der Waals surface area contributed by atoms with Crippen LogP contribution in [0.5, 0.6) is 0 Å². The second-order valence-electron chi connectivity index (χ2n) is 7.67. The molecule has 2 amide bonds. The number of amides is 2. The zero-order valence-electron chi connectivity index (χ0n) is 15.6. The van der Waals surface area contributed by atoms with Crippen LogP contribution >= 0.6 is 0 Å². The maximum atomic E-state index is 12.7. The molecule has 2 aliphatic rings. The van der Waals surface area contributed by atoms with Gasteiger partial charge in [-0.2, -0.15) is 0 Å². The predicted octanol–water partition coefficient (Wildman–Crippen LogP) is 2.85. The fourth-order valence-corrected chi connectivity index (χ4v) is 4.15. The van der Waals surface area contributed by atoms with Gasteiger partial charge in [0.15, 0.2) is 0 Å². The van der Waals surface area contributed by atoms with Crippen LogP contribution in [0.15, 0.2) is 48.7 Å². The number of fused-ring (bicyclic) bond motifs is 1. The minimum Gasteiger partial charge on any atom is -0.390 e. The highest BCUT2D eigenvalue weighted by molar-refractivity contribution is 5.90. The number of benzene rings is 1. The van der Waals surface area contributed by atoms with Crippen LogP contribution in [0.2, 0.25) is 0 Å². The van der Waals surface area contributed by atoms with Crippen molar-refractivity contribution in [3.8, 4) is 0 Å². The van der Waals surface area contributed by atoms with Crippen LogP contribution in [-0.4, -0.2) is 51.4 Å². The molecule has 4 rings (SSSR count). The van der Waals surface area contributed by atoms with Crippen molar-refractivity contribution in [2.24, 2.45) is 11.8 Å². The molecule has 28 heavy (non-hydrogen) atoms. The van der Waals surface area contributed by atoms with E-state index in [-0.39, 0.29) is 17.9 Å². The number of hydrogen-bond donors (Lipinski definition) is 3. The van der Waals surface area contributed by atoms with Crippen LogP contribution in [-0.2, 0) is 0 Å². The molecule has 4 atom stereocenters. The Morgan fingerprint density at radius 1 is 1.04 bits per heavy atom. The molecular weight excluding hydrogens is 354 g/mol. The lowest BCUT2D eigenvalue weighted by molar-refractivity contribution is -0.0372. The number of carbonyl (C=O) groups excluding carboxylic acids is 1. The number of nitrogens with one attached hydrogen (secondary N) is 1. The van der Waals surface area contributed by atoms with Crippen LogP contribution in [0.1, 0.15) is 24.1 Å². The van der Waals surface area contributed by atoms with E-state index in [1.807, 2.05) is 54.6 Å². The number of urea groups is 1. The highest BCUT2D eigenvalue weighted by Gasteiger charge is 2.42. The first-order valence-electron chi connectivity index (χ1n) is 9.70. The number of likely N-dealkylation sites (tertiary alicyclic amines) is 1. The number of hydrogen-bond acceptors (Lipinski definition) is 4. The van der Waals surface area contributed by atoms with Gasteiger partial charge in [-0.05, 0) is 60.6 Å². The summed E-state index contributed by atoms with van der Waals surface area (Å²) < 4.78 is 0. The number of aliphatic hydroxyl groups excluding tert-OH is 2. The lowest BCUT2D eigenvalue weighted by Gasteiger charge is -2.31. The molecule has 1 aromatic heterocycles. The van der Waals surface area contributed by atoms with E-state index in [1.54, 1.807) is 11.1 Å². The van der Waals surface area contributed by atoms with Crippen molar-refractivity contribution in [3.63, 3.8) is 0 Å². The minimum atomic E-state index is -0.674. The Bertz CT molecular complexity index is 837. The Balaban J connectivity index is 1.38. The highest BCUT2D eigenvalue weighted by atomic mass is 16.3. The summed E-state index contributed by atoms with van der Waals surface area (Å²) in [4.78, 5) is 18.7. The van der Waals surface area contributed by atoms with Gasteiger partial charge in [0.05, 0.1) is 17.9 Å². The summed E-state index contributed by atoms with van der Waals surface area (Å²) in [5, 5.41) is 22.7. The van der Waals surface area contributed by atoms with Crippen molar-refractivity contribution in [3.05, 3.63) is 59.9 Å². The lowest BCUT2D eigenvalue weighted by atomic mass is 9.79. The molecule has 2 aromatic rings. The van der Waals surface area contributed by atoms with Gasteiger partial charge in [-0.15, -0.1) is 0 Å². The van der Waals surface area contributed by atoms with E-state index in [1.165, 1.54) is 0 Å². The van der Waals surface area contributed by atoms with Gasteiger partial charge in [0.2, 0.25) is 0 Å². The summed E-state index contributed by atoms with van der Waals surface area (Å²) in [7, 11) is 0. The third-order valence-corrected chi connectivity index (χ3v) is 5.67. The molecule has 2 heterocycles. The number of aromatic nitrogens is 1. The third kappa shape index (κ3) is 4.24. The molecular formula is C22H25N3O3. The molecule has 1 aromatic carbocycles. The zero-order valence-corrected chi connectivity index (χ0v) is 15.6. The molecule has 6 heteroatoms. The highest BCUT2D eigenvalue weighted by Crippen LogP contribution is 2.36. The number of rotatable bonds is 3. The standard InChI is InChI=1S/C22H25N3O3/c26-20-11-16-13-25(14-17(16)12-21(20)27)22(28)24-19-6-3-4-15(10-19)7-8-18-5-1-2-9-23-18/h1-10,16-17,20-21,26-27H,11-14H2,(H,24,28)/b8-7+/t16-,17+,20+,21-. The van der Waals surface area contributed by atoms with Crippen molar-refractivity contribution in [1.82, 2.24) is 9.88 Å². The molecule has 0 bridgehead atoms. The van der Waals surface area contributed by atoms with Crippen LogP contribution in [0, 0.1) is 11.8 Å². The Morgan fingerprint density at radius 3 is 2.46 bits per heavy atom. The van der Waals surface area contributed by atoms with Crippen molar-refractivity contribution >= 4 is 23.9 Å². The molecule has 3 N–H and O–H groups in total. The van der Waals surface area contributed by atoms with Gasteiger partial charge < -0.3 is 20.4 Å². The third-order valence-electron chi connectivity index (χ3n) is 5.67. The molecule has 1 saturated carbocycles. The average Bonchev–Trinajstić information content (AvgIpc) is 3.11. The van der Waals surface area contributed by atoms with Crippen LogP contribution in [0.25, 0.3) is 12.2 Å². The first-order chi connectivity index (χ1) is 13.6. The van der Waals surface area contributed by atoms with E-state index in [4.69, 9.17) is 0 Å². The van der Waals surface area contributed by atoms with Crippen LogP contribution in [0.3, 0.4) is 0 Å². The topological polar surface area (TPSA) is 85.7 Å². The average molecular weight is 379 g/mol. The normalized spacial score (nSPS) is 27.0. The van der Waals surface area contributed by atoms with E-state index < -0.39 is 12.2 Å². The van der Waals surface area contributed by atoms with Crippen molar-refractivity contribution in [2.75, 3.05) is 18.4 Å². The van der Waals surface area contributed by atoms with Gasteiger partial charge in [0.25, 0.3) is 0 Å². The van der Waals surface area contributed by atoms with Gasteiger partial charge in [0, 0.05) is 25.0 Å². The molecule has 1 saturated heterocycles.